The van der Waals surface area contributed by atoms with Crippen molar-refractivity contribution in [3.8, 4) is 0 Å². The molecule has 1 fully saturated rings. The predicted octanol–water partition coefficient (Wildman–Crippen LogP) is -1.32. The van der Waals surface area contributed by atoms with E-state index >= 15 is 0 Å². The third kappa shape index (κ3) is 2.75. The second kappa shape index (κ2) is 4.66. The van der Waals surface area contributed by atoms with Gasteiger partial charge in [-0.15, -0.1) is 0 Å². The first-order valence-electron chi connectivity index (χ1n) is 4.03. The summed E-state index contributed by atoms with van der Waals surface area (Å²) in [7, 11) is 0. The average Bonchev–Trinajstić information content (AvgIpc) is 2.03. The molecule has 1 aliphatic heterocycles. The summed E-state index contributed by atoms with van der Waals surface area (Å²) < 4.78 is 5.33. The SMILES string of the molecule is NC1CNCCC1OCCO. The standard InChI is InChI=1S/C7H16N2O2/c8-6-5-9-2-1-7(6)11-4-3-10/h6-7,9-10H,1-5,8H2. The van der Waals surface area contributed by atoms with E-state index in [4.69, 9.17) is 15.6 Å². The summed E-state index contributed by atoms with van der Waals surface area (Å²) in [5.74, 6) is 0. The highest BCUT2D eigenvalue weighted by atomic mass is 16.5. The van der Waals surface area contributed by atoms with Gasteiger partial charge in [0.2, 0.25) is 0 Å². The second-order valence-electron chi connectivity index (χ2n) is 2.79. The Kier molecular flexibility index (Phi) is 3.79. The van der Waals surface area contributed by atoms with Gasteiger partial charge in [-0.2, -0.15) is 0 Å². The Hall–Kier alpha value is -0.160. The summed E-state index contributed by atoms with van der Waals surface area (Å²) in [6, 6.07) is 0.0790. The molecule has 0 bridgehead atoms. The predicted molar refractivity (Wildman–Crippen MR) is 42.3 cm³/mol. The number of piperidine rings is 1. The molecule has 0 saturated carbocycles. The lowest BCUT2D eigenvalue weighted by molar-refractivity contribution is 0.00190. The van der Waals surface area contributed by atoms with Crippen LogP contribution >= 0.6 is 0 Å². The van der Waals surface area contributed by atoms with Crippen LogP contribution in [0.4, 0.5) is 0 Å². The van der Waals surface area contributed by atoms with E-state index in [-0.39, 0.29) is 18.8 Å². The first kappa shape index (κ1) is 8.93. The Balaban J connectivity index is 2.18. The Morgan fingerprint density at radius 2 is 2.45 bits per heavy atom. The summed E-state index contributed by atoms with van der Waals surface area (Å²) in [5, 5.41) is 11.7. The highest BCUT2D eigenvalue weighted by molar-refractivity contribution is 4.81. The normalized spacial score (nSPS) is 32.2. The Bertz CT molecular complexity index is 111. The summed E-state index contributed by atoms with van der Waals surface area (Å²) in [6.07, 6.45) is 1.07. The van der Waals surface area contributed by atoms with Crippen molar-refractivity contribution in [3.05, 3.63) is 0 Å². The minimum atomic E-state index is 0.0790. The van der Waals surface area contributed by atoms with Crippen molar-refractivity contribution in [1.29, 1.82) is 0 Å². The van der Waals surface area contributed by atoms with Crippen LogP contribution < -0.4 is 11.1 Å². The molecule has 0 aromatic heterocycles. The molecule has 2 atom stereocenters. The Morgan fingerprint density at radius 3 is 3.09 bits per heavy atom. The molecular formula is C7H16N2O2. The molecule has 0 spiro atoms. The number of hydrogen-bond acceptors (Lipinski definition) is 4. The molecule has 0 radical (unpaired) electrons. The van der Waals surface area contributed by atoms with Crippen LogP contribution in [-0.2, 0) is 4.74 Å². The van der Waals surface area contributed by atoms with E-state index in [1.807, 2.05) is 0 Å². The smallest absolute Gasteiger partial charge is 0.0751 e. The van der Waals surface area contributed by atoms with Crippen molar-refractivity contribution >= 4 is 0 Å². The van der Waals surface area contributed by atoms with E-state index in [9.17, 15) is 0 Å². The van der Waals surface area contributed by atoms with Gasteiger partial charge < -0.3 is 20.9 Å². The lowest BCUT2D eigenvalue weighted by atomic mass is 10.1. The lowest BCUT2D eigenvalue weighted by Gasteiger charge is -2.28. The molecule has 2 unspecified atom stereocenters. The monoisotopic (exact) mass is 160 g/mol. The van der Waals surface area contributed by atoms with Crippen molar-refractivity contribution < 1.29 is 9.84 Å². The van der Waals surface area contributed by atoms with Crippen LogP contribution in [0.25, 0.3) is 0 Å². The highest BCUT2D eigenvalue weighted by Gasteiger charge is 2.21. The van der Waals surface area contributed by atoms with Crippen molar-refractivity contribution in [1.82, 2.24) is 5.32 Å². The van der Waals surface area contributed by atoms with Crippen LogP contribution in [0.2, 0.25) is 0 Å². The molecule has 1 saturated heterocycles. The zero-order valence-electron chi connectivity index (χ0n) is 6.62. The van der Waals surface area contributed by atoms with Gasteiger partial charge in [0.1, 0.15) is 0 Å². The largest absolute Gasteiger partial charge is 0.394 e. The van der Waals surface area contributed by atoms with Gasteiger partial charge in [0.15, 0.2) is 0 Å². The molecule has 0 aromatic rings. The summed E-state index contributed by atoms with van der Waals surface area (Å²) in [4.78, 5) is 0. The lowest BCUT2D eigenvalue weighted by Crippen LogP contribution is -2.50. The molecule has 0 aromatic carbocycles. The van der Waals surface area contributed by atoms with Gasteiger partial charge in [-0.1, -0.05) is 0 Å². The summed E-state index contributed by atoms with van der Waals surface area (Å²) in [6.45, 7) is 2.26. The fourth-order valence-corrected chi connectivity index (χ4v) is 1.27. The maximum Gasteiger partial charge on any atom is 0.0751 e. The van der Waals surface area contributed by atoms with Crippen molar-refractivity contribution in [2.24, 2.45) is 5.73 Å². The molecule has 0 amide bonds. The first-order chi connectivity index (χ1) is 5.34. The van der Waals surface area contributed by atoms with Gasteiger partial charge in [-0.25, -0.2) is 0 Å². The van der Waals surface area contributed by atoms with Crippen LogP contribution in [0.15, 0.2) is 0 Å². The number of aliphatic hydroxyl groups is 1. The quantitative estimate of drug-likeness (QED) is 0.479. The van der Waals surface area contributed by atoms with Crippen LogP contribution in [0.3, 0.4) is 0 Å². The zero-order valence-corrected chi connectivity index (χ0v) is 6.62. The third-order valence-electron chi connectivity index (χ3n) is 1.89. The average molecular weight is 160 g/mol. The van der Waals surface area contributed by atoms with Gasteiger partial charge in [-0.3, -0.25) is 0 Å². The number of nitrogens with two attached hydrogens (primary N) is 1. The fourth-order valence-electron chi connectivity index (χ4n) is 1.27. The molecule has 4 N–H and O–H groups in total. The van der Waals surface area contributed by atoms with E-state index in [2.05, 4.69) is 5.32 Å². The minimum absolute atomic E-state index is 0.0790. The third-order valence-corrected chi connectivity index (χ3v) is 1.89. The summed E-state index contributed by atoms with van der Waals surface area (Å²) >= 11 is 0. The zero-order chi connectivity index (χ0) is 8.10. The minimum Gasteiger partial charge on any atom is -0.394 e. The Morgan fingerprint density at radius 1 is 1.64 bits per heavy atom. The van der Waals surface area contributed by atoms with Gasteiger partial charge in [0, 0.05) is 12.6 Å². The van der Waals surface area contributed by atoms with Crippen molar-refractivity contribution in [3.63, 3.8) is 0 Å². The number of rotatable bonds is 3. The first-order valence-corrected chi connectivity index (χ1v) is 4.03. The molecule has 1 aliphatic rings. The molecule has 0 aliphatic carbocycles. The number of nitrogens with one attached hydrogen (secondary N) is 1. The summed E-state index contributed by atoms with van der Waals surface area (Å²) in [5.41, 5.74) is 5.75. The van der Waals surface area contributed by atoms with Crippen LogP contribution in [0.1, 0.15) is 6.42 Å². The van der Waals surface area contributed by atoms with E-state index < -0.39 is 0 Å². The fraction of sp³-hybridized carbons (Fsp3) is 1.00. The molecule has 4 nitrogen and oxygen atoms in total. The number of ether oxygens (including phenoxy) is 1. The van der Waals surface area contributed by atoms with Gasteiger partial charge >= 0.3 is 0 Å². The molecule has 1 rings (SSSR count). The van der Waals surface area contributed by atoms with Crippen molar-refractivity contribution in [2.75, 3.05) is 26.3 Å². The van der Waals surface area contributed by atoms with Gasteiger partial charge in [0.25, 0.3) is 0 Å². The highest BCUT2D eigenvalue weighted by Crippen LogP contribution is 2.05. The van der Waals surface area contributed by atoms with E-state index in [0.29, 0.717) is 6.61 Å². The van der Waals surface area contributed by atoms with Gasteiger partial charge in [-0.05, 0) is 13.0 Å². The van der Waals surface area contributed by atoms with Crippen LogP contribution in [-0.4, -0.2) is 43.6 Å². The van der Waals surface area contributed by atoms with Gasteiger partial charge in [0.05, 0.1) is 19.3 Å². The maximum atomic E-state index is 8.50. The van der Waals surface area contributed by atoms with E-state index in [1.54, 1.807) is 0 Å². The maximum absolute atomic E-state index is 8.50. The topological polar surface area (TPSA) is 67.5 Å². The molecule has 4 heteroatoms. The second-order valence-corrected chi connectivity index (χ2v) is 2.79. The number of hydrogen-bond donors (Lipinski definition) is 3. The van der Waals surface area contributed by atoms with E-state index in [1.165, 1.54) is 0 Å². The van der Waals surface area contributed by atoms with Crippen LogP contribution in [0.5, 0.6) is 0 Å². The van der Waals surface area contributed by atoms with E-state index in [0.717, 1.165) is 19.5 Å². The number of aliphatic hydroxyl groups excluding tert-OH is 1. The molecule has 66 valence electrons. The van der Waals surface area contributed by atoms with Crippen LogP contribution in [0, 0.1) is 0 Å². The molecule has 11 heavy (non-hydrogen) atoms. The molecular weight excluding hydrogens is 144 g/mol. The van der Waals surface area contributed by atoms with Crippen molar-refractivity contribution in [2.45, 2.75) is 18.6 Å². The Labute approximate surface area is 66.7 Å². The molecule has 1 heterocycles.